The molecule has 0 unspecified atom stereocenters. The molecular weight excluding hydrogens is 414 g/mol. The number of rotatable bonds is 4. The van der Waals surface area contributed by atoms with E-state index < -0.39 is 10.8 Å². The zero-order valence-corrected chi connectivity index (χ0v) is 16.1. The van der Waals surface area contributed by atoms with Crippen LogP contribution in [-0.4, -0.2) is 20.6 Å². The van der Waals surface area contributed by atoms with Crippen molar-refractivity contribution >= 4 is 41.2 Å². The van der Waals surface area contributed by atoms with Crippen LogP contribution in [0, 0.1) is 14.1 Å². The number of para-hydroxylation sites is 2. The number of aromatic nitrogens is 1. The summed E-state index contributed by atoms with van der Waals surface area (Å²) < 4.78 is 1.28. The van der Waals surface area contributed by atoms with Gasteiger partial charge in [-0.25, -0.2) is 9.98 Å². The molecule has 0 spiro atoms. The highest BCUT2D eigenvalue weighted by Crippen LogP contribution is 2.28. The fraction of sp³-hybridized carbons (Fsp3) is 0. The number of nitrogens with one attached hydrogen (secondary N) is 1. The lowest BCUT2D eigenvalue weighted by Gasteiger charge is -2.07. The van der Waals surface area contributed by atoms with Gasteiger partial charge in [-0.2, -0.15) is 4.68 Å². The number of hydrogen-bond donors (Lipinski definition) is 2. The van der Waals surface area contributed by atoms with Crippen molar-refractivity contribution in [3.05, 3.63) is 89.6 Å². The van der Waals surface area contributed by atoms with Crippen LogP contribution in [0.5, 0.6) is 5.88 Å². The van der Waals surface area contributed by atoms with E-state index in [1.807, 2.05) is 24.3 Å². The predicted octanol–water partition coefficient (Wildman–Crippen LogP) is 2.53. The number of aromatic hydroxyl groups is 1. The van der Waals surface area contributed by atoms with Crippen LogP contribution in [0.1, 0.15) is 15.2 Å². The molecule has 0 fully saturated rings. The molecule has 1 aliphatic rings. The van der Waals surface area contributed by atoms with Crippen LogP contribution in [0.3, 0.4) is 0 Å². The Kier molecular flexibility index (Phi) is 4.74. The molecule has 2 N–H and O–H groups in total. The molecule has 4 rings (SSSR count). The Morgan fingerprint density at radius 3 is 2.38 bits per heavy atom. The van der Waals surface area contributed by atoms with Crippen molar-refractivity contribution < 1.29 is 14.8 Å². The van der Waals surface area contributed by atoms with Gasteiger partial charge in [-0.3, -0.25) is 20.3 Å². The summed E-state index contributed by atoms with van der Waals surface area (Å²) in [6.45, 7) is 0. The van der Waals surface area contributed by atoms with E-state index in [0.29, 0.717) is 10.7 Å². The van der Waals surface area contributed by atoms with E-state index in [9.17, 15) is 20.0 Å². The summed E-state index contributed by atoms with van der Waals surface area (Å²) in [6, 6.07) is 12.4. The number of carbonyl (C=O) groups is 1. The minimum Gasteiger partial charge on any atom is -0.492 e. The molecule has 11 heteroatoms. The summed E-state index contributed by atoms with van der Waals surface area (Å²) in [7, 11) is 0. The van der Waals surface area contributed by atoms with E-state index >= 15 is 0 Å². The lowest BCUT2D eigenvalue weighted by atomic mass is 10.2. The molecule has 3 aromatic rings. The molecule has 1 aromatic heterocycles. The van der Waals surface area contributed by atoms with Crippen LogP contribution >= 0.6 is 23.6 Å². The smallest absolute Gasteiger partial charge is 0.270 e. The summed E-state index contributed by atoms with van der Waals surface area (Å²) in [5.41, 5.74) is 2.53. The molecule has 0 saturated carbocycles. The van der Waals surface area contributed by atoms with Gasteiger partial charge in [-0.15, -0.1) is 0 Å². The number of hydrogen-bond acceptors (Lipinski definition) is 8. The SMILES string of the molecule is O=C(Nn1c(O)c(C=C2N=c3ccccc3=N2)sc1=S)c1ccc([N+](=O)[O-])cc1. The van der Waals surface area contributed by atoms with Crippen molar-refractivity contribution in [2.45, 2.75) is 0 Å². The number of nitro groups is 1. The number of nitro benzene ring substituents is 1. The van der Waals surface area contributed by atoms with Gasteiger partial charge in [0.15, 0.2) is 9.78 Å². The third kappa shape index (κ3) is 3.68. The lowest BCUT2D eigenvalue weighted by Crippen LogP contribution is -2.22. The Balaban J connectivity index is 1.60. The first-order valence-corrected chi connectivity index (χ1v) is 9.39. The van der Waals surface area contributed by atoms with Crippen molar-refractivity contribution in [3.8, 4) is 5.88 Å². The summed E-state index contributed by atoms with van der Waals surface area (Å²) in [6.07, 6.45) is 1.57. The average Bonchev–Trinajstić information content (AvgIpc) is 3.23. The molecule has 0 bridgehead atoms. The number of thiazole rings is 1. The van der Waals surface area contributed by atoms with Gasteiger partial charge >= 0.3 is 0 Å². The monoisotopic (exact) mass is 425 g/mol. The van der Waals surface area contributed by atoms with Crippen molar-refractivity contribution in [1.82, 2.24) is 4.68 Å². The quantitative estimate of drug-likeness (QED) is 0.378. The molecule has 0 radical (unpaired) electrons. The van der Waals surface area contributed by atoms with Crippen molar-refractivity contribution in [3.63, 3.8) is 0 Å². The van der Waals surface area contributed by atoms with E-state index in [1.165, 1.54) is 24.3 Å². The molecule has 1 aliphatic heterocycles. The van der Waals surface area contributed by atoms with Crippen molar-refractivity contribution in [1.29, 1.82) is 0 Å². The molecule has 9 nitrogen and oxygen atoms in total. The zero-order valence-electron chi connectivity index (χ0n) is 14.5. The number of non-ortho nitro benzene ring substituents is 1. The number of carbonyl (C=O) groups excluding carboxylic acids is 1. The Morgan fingerprint density at radius 1 is 1.17 bits per heavy atom. The Hall–Kier alpha value is -3.70. The number of benzene rings is 2. The van der Waals surface area contributed by atoms with Gasteiger partial charge in [0.05, 0.1) is 20.5 Å². The van der Waals surface area contributed by atoms with Crippen LogP contribution in [0.4, 0.5) is 5.69 Å². The number of amides is 1. The van der Waals surface area contributed by atoms with E-state index in [4.69, 9.17) is 12.2 Å². The van der Waals surface area contributed by atoms with E-state index in [1.54, 1.807) is 6.08 Å². The van der Waals surface area contributed by atoms with Crippen LogP contribution in [0.15, 0.2) is 64.3 Å². The highest BCUT2D eigenvalue weighted by atomic mass is 32.1. The second-order valence-electron chi connectivity index (χ2n) is 5.85. The Labute approximate surface area is 171 Å². The van der Waals surface area contributed by atoms with Gasteiger partial charge < -0.3 is 5.11 Å². The lowest BCUT2D eigenvalue weighted by molar-refractivity contribution is -0.384. The molecule has 1 amide bonds. The third-order valence-corrected chi connectivity index (χ3v) is 5.29. The second-order valence-corrected chi connectivity index (χ2v) is 7.53. The van der Waals surface area contributed by atoms with Gasteiger partial charge in [0.1, 0.15) is 0 Å². The van der Waals surface area contributed by atoms with Gasteiger partial charge in [0.25, 0.3) is 11.6 Å². The van der Waals surface area contributed by atoms with Gasteiger partial charge in [-0.1, -0.05) is 23.5 Å². The largest absolute Gasteiger partial charge is 0.492 e. The normalized spacial score (nSPS) is 11.9. The summed E-state index contributed by atoms with van der Waals surface area (Å²) in [5.74, 6) is -0.429. The molecule has 29 heavy (non-hydrogen) atoms. The molecule has 144 valence electrons. The predicted molar refractivity (Wildman–Crippen MR) is 108 cm³/mol. The van der Waals surface area contributed by atoms with Crippen molar-refractivity contribution in [2.75, 3.05) is 5.43 Å². The van der Waals surface area contributed by atoms with Gasteiger partial charge in [0.2, 0.25) is 5.88 Å². The van der Waals surface area contributed by atoms with Crippen molar-refractivity contribution in [2.24, 2.45) is 9.98 Å². The van der Waals surface area contributed by atoms with E-state index in [-0.39, 0.29) is 21.1 Å². The highest BCUT2D eigenvalue weighted by molar-refractivity contribution is 7.73. The van der Waals surface area contributed by atoms with Crippen LogP contribution < -0.4 is 16.1 Å². The number of nitrogens with zero attached hydrogens (tertiary/aromatic N) is 4. The maximum atomic E-state index is 12.4. The first-order valence-electron chi connectivity index (χ1n) is 8.17. The molecule has 0 atom stereocenters. The first-order chi connectivity index (χ1) is 13.9. The topological polar surface area (TPSA) is 122 Å². The average molecular weight is 425 g/mol. The van der Waals surface area contributed by atoms with Crippen LogP contribution in [-0.2, 0) is 0 Å². The second kappa shape index (κ2) is 7.37. The third-order valence-electron chi connectivity index (χ3n) is 3.98. The zero-order chi connectivity index (χ0) is 20.5. The standard InChI is InChI=1S/C18H11N5O4S2/c24-16(10-5-7-11(8-6-10)23(26)27)21-22-17(25)14(29-18(22)28)9-15-19-12-3-1-2-4-13(12)20-15/h1-9,25H,(H,21,24). The van der Waals surface area contributed by atoms with E-state index in [0.717, 1.165) is 26.7 Å². The van der Waals surface area contributed by atoms with Gasteiger partial charge in [0, 0.05) is 23.8 Å². The molecule has 2 heterocycles. The molecule has 0 aliphatic carbocycles. The summed E-state index contributed by atoms with van der Waals surface area (Å²) >= 11 is 6.30. The fourth-order valence-electron chi connectivity index (χ4n) is 2.58. The molecular formula is C18H11N5O4S2. The summed E-state index contributed by atoms with van der Waals surface area (Å²) in [4.78, 5) is 31.7. The first kappa shape index (κ1) is 18.7. The molecule has 0 saturated heterocycles. The minimum absolute atomic E-state index is 0.129. The Bertz CT molecular complexity index is 1320. The minimum atomic E-state index is -0.578. The number of fused-ring (bicyclic) bond motifs is 1. The molecule has 2 aromatic carbocycles. The van der Waals surface area contributed by atoms with Crippen LogP contribution in [0.2, 0.25) is 0 Å². The maximum absolute atomic E-state index is 12.4. The highest BCUT2D eigenvalue weighted by Gasteiger charge is 2.16. The van der Waals surface area contributed by atoms with Gasteiger partial charge in [-0.05, 0) is 36.5 Å². The Morgan fingerprint density at radius 2 is 1.79 bits per heavy atom. The maximum Gasteiger partial charge on any atom is 0.270 e. The van der Waals surface area contributed by atoms with E-state index in [2.05, 4.69) is 15.4 Å². The van der Waals surface area contributed by atoms with Crippen LogP contribution in [0.25, 0.3) is 6.08 Å². The summed E-state index contributed by atoms with van der Waals surface area (Å²) in [5, 5.41) is 22.6. The fourth-order valence-corrected chi connectivity index (χ4v) is 3.74.